The Kier molecular flexibility index (Phi) is 8.34. The monoisotopic (exact) mass is 594 g/mol. The molecule has 0 saturated heterocycles. The molecule has 0 aromatic heterocycles. The van der Waals surface area contributed by atoms with Gasteiger partial charge in [-0.25, -0.2) is 0 Å². The highest BCUT2D eigenvalue weighted by molar-refractivity contribution is 6.04. The highest BCUT2D eigenvalue weighted by atomic mass is 16.4. The molecule has 3 aromatic rings. The minimum absolute atomic E-state index is 0.115. The lowest BCUT2D eigenvalue weighted by Crippen LogP contribution is -2.35. The molecule has 10 nitrogen and oxygen atoms in total. The van der Waals surface area contributed by atoms with Gasteiger partial charge in [-0.3, -0.25) is 19.2 Å². The van der Waals surface area contributed by atoms with Gasteiger partial charge in [-0.1, -0.05) is 6.07 Å². The van der Waals surface area contributed by atoms with Crippen LogP contribution in [-0.4, -0.2) is 58.2 Å². The number of anilines is 2. The van der Waals surface area contributed by atoms with Gasteiger partial charge in [0.1, 0.15) is 17.1 Å². The van der Waals surface area contributed by atoms with Crippen LogP contribution in [0.2, 0.25) is 0 Å². The lowest BCUT2D eigenvalue weighted by molar-refractivity contribution is -0.137. The summed E-state index contributed by atoms with van der Waals surface area (Å²) < 4.78 is 6.24. The van der Waals surface area contributed by atoms with Crippen molar-refractivity contribution in [3.63, 3.8) is 0 Å². The number of phenols is 1. The molecule has 0 saturated carbocycles. The van der Waals surface area contributed by atoms with Gasteiger partial charge in [0.05, 0.1) is 12.8 Å². The first-order valence-electron chi connectivity index (χ1n) is 13.9. The summed E-state index contributed by atoms with van der Waals surface area (Å²) >= 11 is 0. The predicted octanol–water partition coefficient (Wildman–Crippen LogP) is 5.74. The molecule has 5 rings (SSSR count). The summed E-state index contributed by atoms with van der Waals surface area (Å²) in [5, 5.41) is 28.7. The third-order valence-corrected chi connectivity index (χ3v) is 7.52. The zero-order valence-corrected chi connectivity index (χ0v) is 24.1. The highest BCUT2D eigenvalue weighted by Crippen LogP contribution is 2.42. The van der Waals surface area contributed by atoms with Crippen LogP contribution in [0.5, 0.6) is 5.75 Å². The molecule has 1 heterocycles. The second-order valence-electron chi connectivity index (χ2n) is 10.5. The fraction of sp³-hybridized carbons (Fsp3) is 0.176. The summed E-state index contributed by atoms with van der Waals surface area (Å²) in [6, 6.07) is 22.3. The molecule has 10 heteroatoms. The van der Waals surface area contributed by atoms with Gasteiger partial charge in [-0.05, 0) is 78.7 Å². The average Bonchev–Trinajstić information content (AvgIpc) is 2.99. The van der Waals surface area contributed by atoms with E-state index < -0.39 is 17.8 Å². The number of benzene rings is 4. The molecule has 0 unspecified atom stereocenters. The molecule has 1 aliphatic carbocycles. The number of nitrogens with zero attached hydrogens (tertiary/aromatic N) is 2. The summed E-state index contributed by atoms with van der Waals surface area (Å²) in [5.41, 5.74) is 5.37. The third kappa shape index (κ3) is 6.24. The number of amides is 1. The number of carbonyl (C=O) groups excluding carboxylic acids is 1. The maximum Gasteiger partial charge on any atom is 0.305 e. The number of rotatable bonds is 10. The Morgan fingerprint density at radius 2 is 1.41 bits per heavy atom. The summed E-state index contributed by atoms with van der Waals surface area (Å²) in [4.78, 5) is 51.1. The smallest absolute Gasteiger partial charge is 0.305 e. The Bertz CT molecular complexity index is 1890. The Balaban J connectivity index is 1.59. The van der Waals surface area contributed by atoms with E-state index >= 15 is 0 Å². The van der Waals surface area contributed by atoms with Gasteiger partial charge < -0.3 is 29.5 Å². The van der Waals surface area contributed by atoms with E-state index in [-0.39, 0.29) is 37.1 Å². The van der Waals surface area contributed by atoms with Crippen LogP contribution in [0.1, 0.15) is 28.8 Å². The molecule has 0 spiro atoms. The van der Waals surface area contributed by atoms with E-state index in [9.17, 15) is 24.3 Å². The van der Waals surface area contributed by atoms with Gasteiger partial charge in [0.15, 0.2) is 5.43 Å². The molecule has 1 amide bonds. The SMILES string of the molecule is Cc1cc(C(=O)N(CCC(=O)O)CCC(=O)O)ccc1-c1c2ccc(=O)cc-2oc2cc(N(C)c3ccc(O)cc3)ccc12. The molecule has 2 aliphatic rings. The second-order valence-corrected chi connectivity index (χ2v) is 10.5. The van der Waals surface area contributed by atoms with Crippen LogP contribution in [0.4, 0.5) is 11.4 Å². The van der Waals surface area contributed by atoms with Gasteiger partial charge in [0, 0.05) is 65.7 Å². The van der Waals surface area contributed by atoms with Crippen molar-refractivity contribution in [3.8, 4) is 28.2 Å². The number of aliphatic carboxylic acids is 2. The van der Waals surface area contributed by atoms with E-state index in [2.05, 4.69) is 0 Å². The minimum Gasteiger partial charge on any atom is -0.508 e. The molecule has 3 N–H and O–H groups in total. The molecule has 3 aromatic carbocycles. The summed E-state index contributed by atoms with van der Waals surface area (Å²) in [5.74, 6) is -2.07. The third-order valence-electron chi connectivity index (χ3n) is 7.52. The number of aromatic hydroxyl groups is 1. The average molecular weight is 595 g/mol. The Hall–Kier alpha value is -5.64. The Morgan fingerprint density at radius 3 is 2.05 bits per heavy atom. The maximum atomic E-state index is 13.3. The number of carboxylic acid groups (broad SMARTS) is 2. The fourth-order valence-corrected chi connectivity index (χ4v) is 5.22. The van der Waals surface area contributed by atoms with Crippen LogP contribution in [-0.2, 0) is 9.59 Å². The van der Waals surface area contributed by atoms with Gasteiger partial charge in [0.2, 0.25) is 0 Å². The largest absolute Gasteiger partial charge is 0.508 e. The molecule has 0 atom stereocenters. The summed E-state index contributed by atoms with van der Waals surface area (Å²) in [6.45, 7) is 1.62. The van der Waals surface area contributed by atoms with Crippen molar-refractivity contribution in [1.82, 2.24) is 4.90 Å². The van der Waals surface area contributed by atoms with Crippen molar-refractivity contribution in [1.29, 1.82) is 0 Å². The van der Waals surface area contributed by atoms with Crippen LogP contribution < -0.4 is 10.3 Å². The summed E-state index contributed by atoms with van der Waals surface area (Å²) in [7, 11) is 1.89. The standard InChI is InChI=1S/C34H30N2O8/c1-20-17-21(34(43)36(15-13-31(39)40)16-14-32(41)42)3-10-26(20)33-27-11-6-23(35(2)22-4-7-24(37)8-5-22)18-29(27)44-30-19-25(38)9-12-28(30)33/h3-12,17-19,37H,13-16H2,1-2H3,(H,39,40)(H,41,42). The van der Waals surface area contributed by atoms with Crippen LogP contribution in [0.3, 0.4) is 0 Å². The zero-order chi connectivity index (χ0) is 31.5. The fourth-order valence-electron chi connectivity index (χ4n) is 5.22. The van der Waals surface area contributed by atoms with Gasteiger partial charge in [-0.15, -0.1) is 0 Å². The first-order chi connectivity index (χ1) is 21.0. The number of fused-ring (bicyclic) bond motifs is 2. The van der Waals surface area contributed by atoms with Crippen molar-refractivity contribution in [3.05, 3.63) is 100 Å². The molecule has 44 heavy (non-hydrogen) atoms. The van der Waals surface area contributed by atoms with E-state index in [0.29, 0.717) is 22.5 Å². The molecule has 0 radical (unpaired) electrons. The van der Waals surface area contributed by atoms with Crippen molar-refractivity contribution < 1.29 is 34.1 Å². The van der Waals surface area contributed by atoms with Gasteiger partial charge >= 0.3 is 11.9 Å². The molecular weight excluding hydrogens is 564 g/mol. The van der Waals surface area contributed by atoms with Crippen LogP contribution in [0.15, 0.2) is 88.1 Å². The minimum atomic E-state index is -1.09. The van der Waals surface area contributed by atoms with Crippen molar-refractivity contribution in [2.24, 2.45) is 0 Å². The number of carboxylic acids is 2. The van der Waals surface area contributed by atoms with E-state index in [4.69, 9.17) is 14.6 Å². The first kappa shape index (κ1) is 29.8. The Morgan fingerprint density at radius 1 is 0.773 bits per heavy atom. The van der Waals surface area contributed by atoms with Gasteiger partial charge in [0.25, 0.3) is 5.91 Å². The molecular formula is C34H30N2O8. The number of hydrogen-bond acceptors (Lipinski definition) is 7. The topological polar surface area (TPSA) is 149 Å². The molecule has 224 valence electrons. The zero-order valence-electron chi connectivity index (χ0n) is 24.1. The normalized spacial score (nSPS) is 11.0. The van der Waals surface area contributed by atoms with Crippen molar-refractivity contribution in [2.45, 2.75) is 19.8 Å². The predicted molar refractivity (Wildman–Crippen MR) is 166 cm³/mol. The van der Waals surface area contributed by atoms with Crippen LogP contribution >= 0.6 is 0 Å². The Labute approximate surface area is 252 Å². The van der Waals surface area contributed by atoms with E-state index in [1.54, 1.807) is 48.5 Å². The second kappa shape index (κ2) is 12.3. The van der Waals surface area contributed by atoms with E-state index in [1.165, 1.54) is 17.0 Å². The van der Waals surface area contributed by atoms with Crippen molar-refractivity contribution >= 4 is 40.2 Å². The van der Waals surface area contributed by atoms with Crippen molar-refractivity contribution in [2.75, 3.05) is 25.0 Å². The lowest BCUT2D eigenvalue weighted by Gasteiger charge is -2.23. The number of phenolic OH excluding ortho intramolecular Hbond substituents is 1. The molecule has 1 aliphatic heterocycles. The van der Waals surface area contributed by atoms with Gasteiger partial charge in [-0.2, -0.15) is 0 Å². The number of carbonyl (C=O) groups is 3. The number of aryl methyl sites for hydroxylation is 1. The lowest BCUT2D eigenvalue weighted by atomic mass is 9.90. The molecule has 0 bridgehead atoms. The maximum absolute atomic E-state index is 13.3. The van der Waals surface area contributed by atoms with Crippen LogP contribution in [0.25, 0.3) is 33.4 Å². The molecule has 0 fully saturated rings. The van der Waals surface area contributed by atoms with E-state index in [1.807, 2.05) is 37.1 Å². The quantitative estimate of drug-likeness (QED) is 0.172. The first-order valence-corrected chi connectivity index (χ1v) is 13.9. The van der Waals surface area contributed by atoms with E-state index in [0.717, 1.165) is 33.5 Å². The number of hydrogen-bond donors (Lipinski definition) is 3. The summed E-state index contributed by atoms with van der Waals surface area (Å²) in [6.07, 6.45) is -0.612. The highest BCUT2D eigenvalue weighted by Gasteiger charge is 2.22. The van der Waals surface area contributed by atoms with Crippen LogP contribution in [0, 0.1) is 6.92 Å².